The van der Waals surface area contributed by atoms with Gasteiger partial charge in [0.05, 0.1) is 18.4 Å². The average Bonchev–Trinajstić information content (AvgIpc) is 1.74. The number of phenolic OH excluding ortho intramolecular Hbond substituents is 1. The number of amides is 15. The highest BCUT2D eigenvalue weighted by atomic mass is 32.2. The van der Waals surface area contributed by atoms with Crippen molar-refractivity contribution in [2.45, 2.75) is 182 Å². The molecule has 0 radical (unpaired) electrons. The van der Waals surface area contributed by atoms with Crippen molar-refractivity contribution in [2.24, 2.45) is 11.7 Å². The van der Waals surface area contributed by atoms with E-state index in [1.807, 2.05) is 0 Å². The number of nitrogens with two attached hydrogens (primary N) is 1. The molecule has 132 heavy (non-hydrogen) atoms. The zero-order valence-corrected chi connectivity index (χ0v) is 74.4. The minimum atomic E-state index is -1.91. The maximum Gasteiger partial charge on any atom is 0.293 e. The van der Waals surface area contributed by atoms with Crippen LogP contribution in [0.2, 0.25) is 0 Å². The number of hydrogen-bond donors (Lipinski definition) is 14. The van der Waals surface area contributed by atoms with Crippen LogP contribution in [-0.2, 0) is 123 Å². The Morgan fingerprint density at radius 2 is 1.10 bits per heavy atom. The highest BCUT2D eigenvalue weighted by Gasteiger charge is 2.48. The molecule has 710 valence electrons. The number of primary amides is 1. The number of aliphatic hydroxyl groups is 2. The third-order valence-electron chi connectivity index (χ3n) is 23.0. The van der Waals surface area contributed by atoms with E-state index in [4.69, 9.17) is 15.2 Å². The first kappa shape index (κ1) is 102. The van der Waals surface area contributed by atoms with Gasteiger partial charge in [-0.05, 0) is 89.8 Å². The number of hydrogen-bond acceptors (Lipinski definition) is 23. The van der Waals surface area contributed by atoms with Crippen LogP contribution in [0.1, 0.15) is 93.5 Å². The summed E-state index contributed by atoms with van der Waals surface area (Å²) in [5, 5.41) is 55.7. The number of thioether (sulfide) groups is 1. The van der Waals surface area contributed by atoms with Crippen molar-refractivity contribution >= 4 is 124 Å². The maximum atomic E-state index is 15.7. The van der Waals surface area contributed by atoms with Crippen molar-refractivity contribution in [2.75, 3.05) is 72.1 Å². The van der Waals surface area contributed by atoms with Gasteiger partial charge in [0.1, 0.15) is 97.5 Å². The SMILES string of the molecule is CCCC[C@H]1C(=O)N2C[C@H](O)C[C@@H]2C(=O)N[C@@H](COC=O)C(=O)N[C@@H](C(C)C)C(=O)N(C)[C@@H](Cc2ccccc2)C(=O)N[C@@H](COC=O)C(=O)N2CCC[C@@H]2C(=O)N[C@@H](Cc2c[nH]c3ccccc23)C(=O)N[C@@H](Cc2ccc(O)cc2)C(=O)N[C@@H](CCO)C(=O)N[C@H](C(=O)NCC(N)=O)CSCC(=O)N[C@@H](Cc2cc(F)c(F)c(F)c2)C(=O)N(C)[C@@H](Cc2ccccc2)C(=O)N1C. The number of carbonyl (C=O) groups excluding carboxylic acids is 17. The Hall–Kier alpha value is -13.5. The first-order valence-corrected chi connectivity index (χ1v) is 44.1. The number of para-hydroxylation sites is 1. The van der Waals surface area contributed by atoms with Crippen LogP contribution in [0.3, 0.4) is 0 Å². The monoisotopic (exact) mass is 1860 g/mol. The third-order valence-corrected chi connectivity index (χ3v) is 24.1. The fourth-order valence-electron chi connectivity index (χ4n) is 15.9. The van der Waals surface area contributed by atoms with Crippen molar-refractivity contribution in [1.29, 1.82) is 0 Å². The number of aromatic amines is 1. The number of halogens is 3. The number of aliphatic hydroxyl groups excluding tert-OH is 2. The summed E-state index contributed by atoms with van der Waals surface area (Å²) in [6.07, 6.45) is -2.50. The van der Waals surface area contributed by atoms with Crippen LogP contribution in [0.15, 0.2) is 128 Å². The summed E-state index contributed by atoms with van der Waals surface area (Å²) in [5.41, 5.74) is 7.24. The number of ether oxygens (including phenoxy) is 2. The molecule has 0 unspecified atom stereocenters. The number of benzene rings is 5. The highest BCUT2D eigenvalue weighted by Crippen LogP contribution is 2.28. The van der Waals surface area contributed by atoms with E-state index >= 15 is 51.9 Å². The third kappa shape index (κ3) is 27.8. The largest absolute Gasteiger partial charge is 0.508 e. The Bertz CT molecular complexity index is 5100. The van der Waals surface area contributed by atoms with Gasteiger partial charge in [-0.25, -0.2) is 13.2 Å². The molecule has 42 heteroatoms. The Kier molecular flexibility index (Phi) is 37.9. The van der Waals surface area contributed by atoms with E-state index in [1.54, 1.807) is 98.0 Å². The minimum Gasteiger partial charge on any atom is -0.508 e. The highest BCUT2D eigenvalue weighted by molar-refractivity contribution is 8.00. The number of H-pyrrole nitrogens is 1. The van der Waals surface area contributed by atoms with Gasteiger partial charge in [0.2, 0.25) is 88.6 Å². The van der Waals surface area contributed by atoms with Crippen molar-refractivity contribution in [3.8, 4) is 5.75 Å². The summed E-state index contributed by atoms with van der Waals surface area (Å²) in [6, 6.07) is 7.63. The number of aromatic nitrogens is 1. The number of phenols is 1. The topological polar surface area (TPSA) is 536 Å². The molecule has 15 N–H and O–H groups in total. The predicted molar refractivity (Wildman–Crippen MR) is 470 cm³/mol. The molecule has 3 aliphatic heterocycles. The van der Waals surface area contributed by atoms with Gasteiger partial charge < -0.3 is 108 Å². The van der Waals surface area contributed by atoms with Crippen LogP contribution in [0.4, 0.5) is 13.2 Å². The summed E-state index contributed by atoms with van der Waals surface area (Å²) in [7, 11) is 3.61. The van der Waals surface area contributed by atoms with E-state index in [0.717, 1.165) is 31.5 Å². The zero-order chi connectivity index (χ0) is 96.2. The van der Waals surface area contributed by atoms with Crippen LogP contribution in [0.5, 0.6) is 5.75 Å². The van der Waals surface area contributed by atoms with E-state index in [2.05, 4.69) is 52.8 Å². The fraction of sp³-hybridized carbons (Fsp3) is 0.456. The van der Waals surface area contributed by atoms with Crippen molar-refractivity contribution < 1.29 is 119 Å². The molecule has 38 nitrogen and oxygen atoms in total. The number of fused-ring (bicyclic) bond motifs is 3. The second kappa shape index (κ2) is 48.9. The number of carbonyl (C=O) groups is 17. The van der Waals surface area contributed by atoms with E-state index < -0.39 is 272 Å². The van der Waals surface area contributed by atoms with Crippen LogP contribution in [0, 0.1) is 23.4 Å². The standard InChI is InChI=1S/C90H111F3N16O22S/c1-7-8-24-70-89(128)109-43-57(114)40-72(109)85(124)101-66(44-130-48-111)82(121)104-77(50(2)3)90(129)106(5)71(37-51-18-11-9-12-19-51)84(123)102-67(45-131-49-112)87(126)108-31-17-25-69(108)83(122)100-64(39-55-41-95-61-23-16-15-22-58(55)61)81(120)99-63(35-53-26-28-56(113)29-27-53)80(119)98-62(30-32-110)79(118)103-68(78(117)96-42-74(94)115)46-132-47-75(116)97-65(36-54-33-59(91)76(93)60(92)34-54)86(125)107(6)73(88(127)105(70)4)38-52-20-13-10-14-21-52/h9-16,18-23,26-29,33-34,41,48-50,57,62-73,77,95,110,113-114H,7-8,17,24-25,30-32,35-40,42-47H2,1-6H3,(H2,94,115)(H,96,117)(H,97,116)(H,98,119)(H,99,120)(H,100,122)(H,101,124)(H,102,123)(H,103,118)(H,104,121)/t57-,62+,63+,64+,65+,66+,67+,68+,69-,70+,71+,72-,73+,77+/m1/s1. The molecule has 14 atom stereocenters. The number of nitrogens with one attached hydrogen (secondary N) is 10. The second-order valence-corrected chi connectivity index (χ2v) is 33.8. The number of unbranched alkanes of at least 4 members (excludes halogenated alkanes) is 1. The molecule has 3 aliphatic rings. The summed E-state index contributed by atoms with van der Waals surface area (Å²) in [5.74, 6) is -23.4. The van der Waals surface area contributed by atoms with E-state index in [0.29, 0.717) is 63.5 Å². The van der Waals surface area contributed by atoms with Gasteiger partial charge in [-0.2, -0.15) is 0 Å². The molecule has 0 spiro atoms. The number of nitrogens with zero attached hydrogens (tertiary/aromatic N) is 5. The Balaban J connectivity index is 1.13. The van der Waals surface area contributed by atoms with Crippen molar-refractivity contribution in [1.82, 2.24) is 77.3 Å². The maximum absolute atomic E-state index is 15.7. The molecule has 3 fully saturated rings. The summed E-state index contributed by atoms with van der Waals surface area (Å²) in [6.45, 7) is 0.694. The van der Waals surface area contributed by atoms with E-state index in [1.165, 1.54) is 52.2 Å². The quantitative estimate of drug-likeness (QED) is 0.0242. The lowest BCUT2D eigenvalue weighted by Crippen LogP contribution is -2.62. The number of likely N-dealkylation sites (N-methyl/N-ethyl adjacent to an activating group) is 3. The molecule has 15 amide bonds. The van der Waals surface area contributed by atoms with Crippen LogP contribution < -0.4 is 53.6 Å². The Labute approximate surface area is 762 Å². The van der Waals surface area contributed by atoms with Gasteiger partial charge in [0, 0.05) is 102 Å². The van der Waals surface area contributed by atoms with Gasteiger partial charge in [-0.1, -0.05) is 125 Å². The van der Waals surface area contributed by atoms with Gasteiger partial charge in [0.25, 0.3) is 12.9 Å². The second-order valence-electron chi connectivity index (χ2n) is 32.8. The molecule has 0 bridgehead atoms. The van der Waals surface area contributed by atoms with Gasteiger partial charge in [-0.15, -0.1) is 11.8 Å². The van der Waals surface area contributed by atoms with Crippen LogP contribution >= 0.6 is 11.8 Å². The van der Waals surface area contributed by atoms with E-state index in [-0.39, 0.29) is 70.2 Å². The summed E-state index contributed by atoms with van der Waals surface area (Å²) < 4.78 is 55.2. The zero-order valence-electron chi connectivity index (χ0n) is 73.5. The lowest BCUT2D eigenvalue weighted by atomic mass is 9.98. The molecule has 1 aromatic heterocycles. The van der Waals surface area contributed by atoms with Gasteiger partial charge in [0.15, 0.2) is 17.5 Å². The lowest BCUT2D eigenvalue weighted by molar-refractivity contribution is -0.152. The lowest BCUT2D eigenvalue weighted by Gasteiger charge is -2.38. The Morgan fingerprint density at radius 1 is 0.561 bits per heavy atom. The molecule has 0 saturated carbocycles. The summed E-state index contributed by atoms with van der Waals surface area (Å²) in [4.78, 5) is 255. The Morgan fingerprint density at radius 3 is 1.72 bits per heavy atom. The van der Waals surface area contributed by atoms with Crippen LogP contribution in [-0.4, -0.2) is 303 Å². The predicted octanol–water partition coefficient (Wildman–Crippen LogP) is -0.961. The number of rotatable bonds is 25. The summed E-state index contributed by atoms with van der Waals surface area (Å²) >= 11 is 0.611. The molecule has 6 aromatic rings. The van der Waals surface area contributed by atoms with Crippen LogP contribution in [0.25, 0.3) is 10.9 Å². The molecule has 9 rings (SSSR count). The molecular weight excluding hydrogens is 1750 g/mol. The number of aromatic hydroxyl groups is 1. The fourth-order valence-corrected chi connectivity index (χ4v) is 16.7. The molecule has 3 saturated heterocycles. The molecule has 5 aromatic carbocycles. The van der Waals surface area contributed by atoms with Gasteiger partial charge >= 0.3 is 0 Å². The average molecular weight is 1860 g/mol. The normalized spacial score (nSPS) is 24.1. The first-order valence-electron chi connectivity index (χ1n) is 42.9. The minimum absolute atomic E-state index is 0.00156. The smallest absolute Gasteiger partial charge is 0.293 e. The van der Waals surface area contributed by atoms with Crippen molar-refractivity contribution in [3.63, 3.8) is 0 Å². The first-order chi connectivity index (χ1) is 63.0. The van der Waals surface area contributed by atoms with Crippen molar-refractivity contribution in [3.05, 3.63) is 173 Å². The van der Waals surface area contributed by atoms with Gasteiger partial charge in [-0.3, -0.25) is 81.5 Å². The molecule has 4 heterocycles. The van der Waals surface area contributed by atoms with E-state index in [9.17, 15) is 58.1 Å². The molecule has 0 aliphatic carbocycles. The molecular formula is C90H111F3N16O22S.